The fraction of sp³-hybridized carbons (Fsp3) is 0.0400. The fourth-order valence-corrected chi connectivity index (χ4v) is 3.26. The van der Waals surface area contributed by atoms with Crippen molar-refractivity contribution in [3.05, 3.63) is 109 Å². The second-order valence-electron chi connectivity index (χ2n) is 6.45. The Hall–Kier alpha value is -3.32. The van der Waals surface area contributed by atoms with E-state index >= 15 is 0 Å². The maximum absolute atomic E-state index is 3.66. The van der Waals surface area contributed by atoms with Crippen LogP contribution in [0, 0.1) is 6.92 Å². The molecule has 0 amide bonds. The molecule has 0 aliphatic carbocycles. The highest BCUT2D eigenvalue weighted by atomic mass is 14.9. The molecule has 1 heteroatoms. The number of benzene rings is 4. The van der Waals surface area contributed by atoms with Crippen molar-refractivity contribution in [2.75, 3.05) is 5.32 Å². The quantitative estimate of drug-likeness (QED) is 0.420. The third-order valence-corrected chi connectivity index (χ3v) is 4.52. The Morgan fingerprint density at radius 2 is 1.12 bits per heavy atom. The molecule has 4 aromatic carbocycles. The summed E-state index contributed by atoms with van der Waals surface area (Å²) in [5, 5.41) is 3.66. The first-order chi connectivity index (χ1) is 12.8. The van der Waals surface area contributed by atoms with E-state index in [1.54, 1.807) is 0 Å². The van der Waals surface area contributed by atoms with Crippen molar-refractivity contribution in [3.8, 4) is 22.3 Å². The van der Waals surface area contributed by atoms with Crippen LogP contribution >= 0.6 is 0 Å². The SMILES string of the molecule is Cc1cccc(-c2cccc(-c3ccccc3)c2Nc2ccccc2)c1. The summed E-state index contributed by atoms with van der Waals surface area (Å²) in [5.74, 6) is 0. The largest absolute Gasteiger partial charge is 0.355 e. The standard InChI is InChI=1S/C25H21N/c1-19-10-8-13-21(18-19)24-17-9-16-23(20-11-4-2-5-12-20)25(24)26-22-14-6-3-7-15-22/h2-18,26H,1H3. The highest BCUT2D eigenvalue weighted by Crippen LogP contribution is 2.38. The highest BCUT2D eigenvalue weighted by molar-refractivity contribution is 5.92. The number of nitrogens with one attached hydrogen (secondary N) is 1. The van der Waals surface area contributed by atoms with Gasteiger partial charge in [-0.25, -0.2) is 0 Å². The van der Waals surface area contributed by atoms with Gasteiger partial charge < -0.3 is 5.32 Å². The third-order valence-electron chi connectivity index (χ3n) is 4.52. The van der Waals surface area contributed by atoms with E-state index in [1.807, 2.05) is 6.07 Å². The number of para-hydroxylation sites is 2. The average Bonchev–Trinajstić information content (AvgIpc) is 2.70. The monoisotopic (exact) mass is 335 g/mol. The van der Waals surface area contributed by atoms with E-state index < -0.39 is 0 Å². The Morgan fingerprint density at radius 1 is 0.538 bits per heavy atom. The minimum atomic E-state index is 1.09. The number of rotatable bonds is 4. The number of hydrogen-bond acceptors (Lipinski definition) is 1. The van der Waals surface area contributed by atoms with Crippen LogP contribution in [0.1, 0.15) is 5.56 Å². The summed E-state index contributed by atoms with van der Waals surface area (Å²) in [4.78, 5) is 0. The molecule has 26 heavy (non-hydrogen) atoms. The fourth-order valence-electron chi connectivity index (χ4n) is 3.26. The molecule has 4 aromatic rings. The van der Waals surface area contributed by atoms with E-state index in [2.05, 4.69) is 109 Å². The summed E-state index contributed by atoms with van der Waals surface area (Å²) in [7, 11) is 0. The van der Waals surface area contributed by atoms with Gasteiger partial charge in [0.1, 0.15) is 0 Å². The van der Waals surface area contributed by atoms with E-state index in [0.717, 1.165) is 11.4 Å². The summed E-state index contributed by atoms with van der Waals surface area (Å²) in [5.41, 5.74) is 8.33. The number of aryl methyl sites for hydroxylation is 1. The Balaban J connectivity index is 1.91. The lowest BCUT2D eigenvalue weighted by molar-refractivity contribution is 1.46. The van der Waals surface area contributed by atoms with Gasteiger partial charge in [-0.15, -0.1) is 0 Å². The number of hydrogen-bond donors (Lipinski definition) is 1. The van der Waals surface area contributed by atoms with E-state index in [-0.39, 0.29) is 0 Å². The molecule has 1 N–H and O–H groups in total. The molecule has 0 aromatic heterocycles. The van der Waals surface area contributed by atoms with Crippen molar-refractivity contribution >= 4 is 11.4 Å². The van der Waals surface area contributed by atoms with Crippen LogP contribution < -0.4 is 5.32 Å². The smallest absolute Gasteiger partial charge is 0.0543 e. The molecule has 0 spiro atoms. The lowest BCUT2D eigenvalue weighted by Gasteiger charge is -2.18. The van der Waals surface area contributed by atoms with Gasteiger partial charge in [-0.3, -0.25) is 0 Å². The van der Waals surface area contributed by atoms with Crippen molar-refractivity contribution in [2.45, 2.75) is 6.92 Å². The maximum Gasteiger partial charge on any atom is 0.0543 e. The van der Waals surface area contributed by atoms with Crippen molar-refractivity contribution in [1.29, 1.82) is 0 Å². The molecular formula is C25H21N. The first kappa shape index (κ1) is 16.2. The van der Waals surface area contributed by atoms with Gasteiger partial charge in [-0.2, -0.15) is 0 Å². The molecule has 0 saturated heterocycles. The van der Waals surface area contributed by atoms with Gasteiger partial charge in [-0.05, 0) is 30.2 Å². The molecule has 0 heterocycles. The minimum absolute atomic E-state index is 1.09. The zero-order chi connectivity index (χ0) is 17.8. The molecule has 0 radical (unpaired) electrons. The lowest BCUT2D eigenvalue weighted by atomic mass is 9.95. The number of anilines is 2. The van der Waals surface area contributed by atoms with Crippen LogP contribution in [0.5, 0.6) is 0 Å². The predicted octanol–water partition coefficient (Wildman–Crippen LogP) is 7.07. The van der Waals surface area contributed by atoms with Crippen LogP contribution in [0.15, 0.2) is 103 Å². The van der Waals surface area contributed by atoms with Gasteiger partial charge in [-0.1, -0.05) is 96.6 Å². The summed E-state index contributed by atoms with van der Waals surface area (Å²) in [6.45, 7) is 2.13. The van der Waals surface area contributed by atoms with Crippen LogP contribution in [0.4, 0.5) is 11.4 Å². The molecule has 0 aliphatic rings. The maximum atomic E-state index is 3.66. The molecule has 0 atom stereocenters. The van der Waals surface area contributed by atoms with Gasteiger partial charge in [0, 0.05) is 16.8 Å². The van der Waals surface area contributed by atoms with E-state index in [0.29, 0.717) is 0 Å². The van der Waals surface area contributed by atoms with Crippen LogP contribution in [0.25, 0.3) is 22.3 Å². The second kappa shape index (κ2) is 7.28. The van der Waals surface area contributed by atoms with Gasteiger partial charge >= 0.3 is 0 Å². The Morgan fingerprint density at radius 3 is 1.81 bits per heavy atom. The normalized spacial score (nSPS) is 10.5. The molecular weight excluding hydrogens is 314 g/mol. The first-order valence-electron chi connectivity index (χ1n) is 8.89. The Labute approximate surface area is 155 Å². The van der Waals surface area contributed by atoms with Crippen molar-refractivity contribution in [1.82, 2.24) is 0 Å². The molecule has 0 fully saturated rings. The van der Waals surface area contributed by atoms with Crippen LogP contribution in [-0.4, -0.2) is 0 Å². The van der Waals surface area contributed by atoms with Gasteiger partial charge in [0.05, 0.1) is 5.69 Å². The van der Waals surface area contributed by atoms with E-state index in [1.165, 1.54) is 27.8 Å². The molecule has 126 valence electrons. The molecule has 0 saturated carbocycles. The third kappa shape index (κ3) is 3.38. The van der Waals surface area contributed by atoms with Crippen molar-refractivity contribution in [2.24, 2.45) is 0 Å². The zero-order valence-electron chi connectivity index (χ0n) is 14.8. The van der Waals surface area contributed by atoms with E-state index in [4.69, 9.17) is 0 Å². The first-order valence-corrected chi connectivity index (χ1v) is 8.89. The molecule has 0 unspecified atom stereocenters. The molecule has 0 bridgehead atoms. The van der Waals surface area contributed by atoms with Gasteiger partial charge in [0.25, 0.3) is 0 Å². The average molecular weight is 335 g/mol. The van der Waals surface area contributed by atoms with Gasteiger partial charge in [0.2, 0.25) is 0 Å². The van der Waals surface area contributed by atoms with Crippen LogP contribution in [0.2, 0.25) is 0 Å². The Bertz CT molecular complexity index is 1000. The summed E-state index contributed by atoms with van der Waals surface area (Å²) >= 11 is 0. The van der Waals surface area contributed by atoms with Crippen LogP contribution in [-0.2, 0) is 0 Å². The zero-order valence-corrected chi connectivity index (χ0v) is 14.8. The second-order valence-corrected chi connectivity index (χ2v) is 6.45. The van der Waals surface area contributed by atoms with Crippen molar-refractivity contribution in [3.63, 3.8) is 0 Å². The minimum Gasteiger partial charge on any atom is -0.355 e. The molecule has 0 aliphatic heterocycles. The predicted molar refractivity (Wildman–Crippen MR) is 112 cm³/mol. The van der Waals surface area contributed by atoms with Crippen LogP contribution in [0.3, 0.4) is 0 Å². The summed E-state index contributed by atoms with van der Waals surface area (Å²) < 4.78 is 0. The lowest BCUT2D eigenvalue weighted by Crippen LogP contribution is -1.96. The summed E-state index contributed by atoms with van der Waals surface area (Å²) in [6.07, 6.45) is 0. The van der Waals surface area contributed by atoms with E-state index in [9.17, 15) is 0 Å². The molecule has 4 rings (SSSR count). The van der Waals surface area contributed by atoms with Crippen molar-refractivity contribution < 1.29 is 0 Å². The molecule has 1 nitrogen and oxygen atoms in total. The highest BCUT2D eigenvalue weighted by Gasteiger charge is 2.12. The topological polar surface area (TPSA) is 12.0 Å². The van der Waals surface area contributed by atoms with Gasteiger partial charge in [0.15, 0.2) is 0 Å². The summed E-state index contributed by atoms with van der Waals surface area (Å²) in [6, 6.07) is 36.0. The Kier molecular flexibility index (Phi) is 4.53.